The van der Waals surface area contributed by atoms with Crippen molar-refractivity contribution in [2.45, 2.75) is 46.1 Å². The number of guanidine groups is 1. The molecule has 1 rings (SSSR count). The van der Waals surface area contributed by atoms with E-state index in [0.717, 1.165) is 12.0 Å². The molecule has 0 aliphatic heterocycles. The summed E-state index contributed by atoms with van der Waals surface area (Å²) >= 11 is 0. The van der Waals surface area contributed by atoms with Gasteiger partial charge in [-0.2, -0.15) is 0 Å². The molecule has 0 bridgehead atoms. The van der Waals surface area contributed by atoms with Crippen molar-refractivity contribution in [1.82, 2.24) is 0 Å². The second kappa shape index (κ2) is 9.33. The first kappa shape index (κ1) is 21.6. The van der Waals surface area contributed by atoms with Gasteiger partial charge in [-0.15, -0.1) is 0 Å². The quantitative estimate of drug-likeness (QED) is 0.279. The standard InChI is InChI=1S/C19H30N4O3/c1-12(2)8-14(11-23-18(20)21)10-19(4,22)17(25)26-16(24)15-7-5-6-13(3)9-15/h5-7,9,12,14H,8,10-11,22H2,1-4H3,(H4,20,21,23)/t14?,19-/m1/s1. The van der Waals surface area contributed by atoms with Gasteiger partial charge in [0.1, 0.15) is 5.54 Å². The second-order valence-electron chi connectivity index (χ2n) is 7.43. The molecular weight excluding hydrogens is 332 g/mol. The number of aliphatic imine (C=N–C) groups is 1. The molecule has 1 unspecified atom stereocenters. The van der Waals surface area contributed by atoms with Gasteiger partial charge in [0.05, 0.1) is 5.56 Å². The zero-order chi connectivity index (χ0) is 19.9. The van der Waals surface area contributed by atoms with Crippen LogP contribution in [0.1, 0.15) is 49.5 Å². The summed E-state index contributed by atoms with van der Waals surface area (Å²) in [5.74, 6) is -1.10. The Hall–Kier alpha value is -2.41. The van der Waals surface area contributed by atoms with E-state index in [-0.39, 0.29) is 11.9 Å². The number of carbonyl (C=O) groups is 2. The van der Waals surface area contributed by atoms with E-state index in [1.165, 1.54) is 0 Å². The highest BCUT2D eigenvalue weighted by molar-refractivity contribution is 5.99. The van der Waals surface area contributed by atoms with E-state index >= 15 is 0 Å². The third-order valence-corrected chi connectivity index (χ3v) is 3.95. The Balaban J connectivity index is 2.80. The molecule has 1 aromatic rings. The van der Waals surface area contributed by atoms with E-state index in [2.05, 4.69) is 18.8 Å². The molecule has 144 valence electrons. The molecule has 26 heavy (non-hydrogen) atoms. The third-order valence-electron chi connectivity index (χ3n) is 3.95. The summed E-state index contributed by atoms with van der Waals surface area (Å²) in [6.45, 7) is 7.91. The van der Waals surface area contributed by atoms with Gasteiger partial charge in [-0.3, -0.25) is 4.99 Å². The van der Waals surface area contributed by atoms with Gasteiger partial charge in [-0.05, 0) is 50.7 Å². The molecule has 0 heterocycles. The summed E-state index contributed by atoms with van der Waals surface area (Å²) in [6.07, 6.45) is 1.10. The van der Waals surface area contributed by atoms with Gasteiger partial charge in [0.2, 0.25) is 0 Å². The predicted octanol–water partition coefficient (Wildman–Crippen LogP) is 1.72. The molecule has 6 N–H and O–H groups in total. The summed E-state index contributed by atoms with van der Waals surface area (Å²) in [7, 11) is 0. The van der Waals surface area contributed by atoms with Gasteiger partial charge in [0.25, 0.3) is 0 Å². The van der Waals surface area contributed by atoms with Crippen LogP contribution in [0.15, 0.2) is 29.3 Å². The molecule has 0 fully saturated rings. The predicted molar refractivity (Wildman–Crippen MR) is 102 cm³/mol. The minimum Gasteiger partial charge on any atom is -0.388 e. The molecule has 0 aromatic heterocycles. The number of carbonyl (C=O) groups excluding carboxylic acids is 2. The monoisotopic (exact) mass is 362 g/mol. The topological polar surface area (TPSA) is 134 Å². The van der Waals surface area contributed by atoms with E-state index < -0.39 is 17.5 Å². The van der Waals surface area contributed by atoms with Crippen LogP contribution in [-0.4, -0.2) is 30.0 Å². The minimum absolute atomic E-state index is 0.00492. The number of nitrogens with zero attached hydrogens (tertiary/aromatic N) is 1. The van der Waals surface area contributed by atoms with Crippen LogP contribution in [0.4, 0.5) is 0 Å². The first-order chi connectivity index (χ1) is 12.0. The molecular formula is C19H30N4O3. The molecule has 2 atom stereocenters. The fourth-order valence-electron chi connectivity index (χ4n) is 2.84. The Morgan fingerprint density at radius 1 is 1.27 bits per heavy atom. The van der Waals surface area contributed by atoms with Crippen LogP contribution >= 0.6 is 0 Å². The maximum Gasteiger partial charge on any atom is 0.345 e. The molecule has 0 aliphatic rings. The summed E-state index contributed by atoms with van der Waals surface area (Å²) in [6, 6.07) is 6.83. The second-order valence-corrected chi connectivity index (χ2v) is 7.43. The number of benzene rings is 1. The van der Waals surface area contributed by atoms with Crippen LogP contribution < -0.4 is 17.2 Å². The Morgan fingerprint density at radius 3 is 2.46 bits per heavy atom. The molecule has 0 amide bonds. The van der Waals surface area contributed by atoms with Crippen LogP contribution in [-0.2, 0) is 9.53 Å². The lowest BCUT2D eigenvalue weighted by molar-refractivity contribution is -0.144. The number of hydrogen-bond acceptors (Lipinski definition) is 5. The maximum absolute atomic E-state index is 12.4. The lowest BCUT2D eigenvalue weighted by Gasteiger charge is -2.27. The average Bonchev–Trinajstić information content (AvgIpc) is 2.51. The van der Waals surface area contributed by atoms with E-state index in [0.29, 0.717) is 24.4 Å². The lowest BCUT2D eigenvalue weighted by atomic mass is 9.85. The highest BCUT2D eigenvalue weighted by Crippen LogP contribution is 2.23. The van der Waals surface area contributed by atoms with Crippen molar-refractivity contribution in [3.05, 3.63) is 35.4 Å². The number of aryl methyl sites for hydroxylation is 1. The number of hydrogen-bond donors (Lipinski definition) is 3. The summed E-state index contributed by atoms with van der Waals surface area (Å²) < 4.78 is 5.00. The number of nitrogens with two attached hydrogens (primary N) is 3. The van der Waals surface area contributed by atoms with Crippen LogP contribution in [0.25, 0.3) is 0 Å². The Kier molecular flexibility index (Phi) is 7.76. The summed E-state index contributed by atoms with van der Waals surface area (Å²) in [5.41, 5.74) is 16.8. The molecule has 0 spiro atoms. The van der Waals surface area contributed by atoms with Crippen LogP contribution in [0.2, 0.25) is 0 Å². The molecule has 0 saturated carbocycles. The minimum atomic E-state index is -1.32. The first-order valence-corrected chi connectivity index (χ1v) is 8.68. The Labute approximate surface area is 155 Å². The largest absolute Gasteiger partial charge is 0.388 e. The highest BCUT2D eigenvalue weighted by Gasteiger charge is 2.35. The van der Waals surface area contributed by atoms with E-state index in [1.807, 2.05) is 13.0 Å². The average molecular weight is 362 g/mol. The van der Waals surface area contributed by atoms with Crippen molar-refractivity contribution >= 4 is 17.9 Å². The van der Waals surface area contributed by atoms with Gasteiger partial charge in [-0.1, -0.05) is 31.5 Å². The van der Waals surface area contributed by atoms with Crippen molar-refractivity contribution in [3.63, 3.8) is 0 Å². The van der Waals surface area contributed by atoms with E-state index in [9.17, 15) is 9.59 Å². The van der Waals surface area contributed by atoms with E-state index in [1.54, 1.807) is 25.1 Å². The van der Waals surface area contributed by atoms with Crippen molar-refractivity contribution in [2.75, 3.05) is 6.54 Å². The Bertz CT molecular complexity index is 665. The normalized spacial score (nSPS) is 14.4. The van der Waals surface area contributed by atoms with Crippen molar-refractivity contribution in [3.8, 4) is 0 Å². The zero-order valence-electron chi connectivity index (χ0n) is 16.0. The number of ether oxygens (including phenoxy) is 1. The maximum atomic E-state index is 12.4. The molecule has 1 aromatic carbocycles. The smallest absolute Gasteiger partial charge is 0.345 e. The number of esters is 2. The van der Waals surface area contributed by atoms with Gasteiger partial charge < -0.3 is 21.9 Å². The SMILES string of the molecule is Cc1cccc(C(=O)OC(=O)[C@](C)(N)CC(CN=C(N)N)CC(C)C)c1. The van der Waals surface area contributed by atoms with Crippen molar-refractivity contribution < 1.29 is 14.3 Å². The lowest BCUT2D eigenvalue weighted by Crippen LogP contribution is -2.48. The summed E-state index contributed by atoms with van der Waals surface area (Å²) in [5, 5.41) is 0. The van der Waals surface area contributed by atoms with Gasteiger partial charge in [-0.25, -0.2) is 9.59 Å². The van der Waals surface area contributed by atoms with E-state index in [4.69, 9.17) is 21.9 Å². The third kappa shape index (κ3) is 7.23. The van der Waals surface area contributed by atoms with Crippen molar-refractivity contribution in [2.24, 2.45) is 34.0 Å². The fraction of sp³-hybridized carbons (Fsp3) is 0.526. The highest BCUT2D eigenvalue weighted by atomic mass is 16.6. The van der Waals surface area contributed by atoms with Gasteiger partial charge in [0.15, 0.2) is 5.96 Å². The molecule has 7 nitrogen and oxygen atoms in total. The molecule has 7 heteroatoms. The van der Waals surface area contributed by atoms with Crippen molar-refractivity contribution in [1.29, 1.82) is 0 Å². The van der Waals surface area contributed by atoms with Crippen LogP contribution in [0.5, 0.6) is 0 Å². The summed E-state index contributed by atoms with van der Waals surface area (Å²) in [4.78, 5) is 28.7. The molecule has 0 aliphatic carbocycles. The molecule has 0 saturated heterocycles. The van der Waals surface area contributed by atoms with Crippen LogP contribution in [0.3, 0.4) is 0 Å². The van der Waals surface area contributed by atoms with Gasteiger partial charge in [0, 0.05) is 6.54 Å². The Morgan fingerprint density at radius 2 is 1.92 bits per heavy atom. The zero-order valence-corrected chi connectivity index (χ0v) is 16.0. The first-order valence-electron chi connectivity index (χ1n) is 8.68. The molecule has 0 radical (unpaired) electrons. The van der Waals surface area contributed by atoms with Gasteiger partial charge >= 0.3 is 11.9 Å². The number of rotatable bonds is 8. The van der Waals surface area contributed by atoms with Crippen LogP contribution in [0, 0.1) is 18.8 Å². The fourth-order valence-corrected chi connectivity index (χ4v) is 2.84.